The third-order valence-corrected chi connectivity index (χ3v) is 4.30. The molecular weight excluding hydrogens is 291 g/mol. The van der Waals surface area contributed by atoms with E-state index in [0.29, 0.717) is 0 Å². The van der Waals surface area contributed by atoms with Crippen LogP contribution in [0.1, 0.15) is 4.88 Å². The Morgan fingerprint density at radius 2 is 1.82 bits per heavy atom. The zero-order chi connectivity index (χ0) is 12.3. The number of rotatable bonds is 3. The highest BCUT2D eigenvalue weighted by atomic mass is 35.5. The van der Waals surface area contributed by atoms with E-state index in [2.05, 4.69) is 36.6 Å². The second kappa shape index (κ2) is 5.96. The van der Waals surface area contributed by atoms with Crippen molar-refractivity contribution >= 4 is 52.4 Å². The molecule has 0 aliphatic carbocycles. The van der Waals surface area contributed by atoms with Gasteiger partial charge in [0.1, 0.15) is 4.49 Å². The van der Waals surface area contributed by atoms with Gasteiger partial charge >= 0.3 is 0 Å². The summed E-state index contributed by atoms with van der Waals surface area (Å²) in [4.78, 5) is 3.56. The SMILES string of the molecule is CSc1ccc(-c2ccc(C=C(Cl)Cl)s2)cc1. The lowest BCUT2D eigenvalue weighted by molar-refractivity contribution is 1.47. The molecule has 1 aromatic heterocycles. The topological polar surface area (TPSA) is 0 Å². The van der Waals surface area contributed by atoms with E-state index in [0.717, 1.165) is 4.88 Å². The van der Waals surface area contributed by atoms with Crippen LogP contribution in [0.15, 0.2) is 45.8 Å². The average Bonchev–Trinajstić information content (AvgIpc) is 2.77. The first-order chi connectivity index (χ1) is 8.19. The van der Waals surface area contributed by atoms with Gasteiger partial charge in [0.2, 0.25) is 0 Å². The Balaban J connectivity index is 2.27. The predicted octanol–water partition coefficient (Wildman–Crippen LogP) is 5.91. The zero-order valence-electron chi connectivity index (χ0n) is 9.11. The summed E-state index contributed by atoms with van der Waals surface area (Å²) < 4.78 is 0.288. The molecule has 0 aliphatic heterocycles. The molecule has 17 heavy (non-hydrogen) atoms. The summed E-state index contributed by atoms with van der Waals surface area (Å²) in [5, 5.41) is 0. The Kier molecular flexibility index (Phi) is 4.57. The van der Waals surface area contributed by atoms with E-state index in [1.165, 1.54) is 15.3 Å². The summed E-state index contributed by atoms with van der Waals surface area (Å²) in [6.07, 6.45) is 3.83. The van der Waals surface area contributed by atoms with Crippen LogP contribution < -0.4 is 0 Å². The minimum Gasteiger partial charge on any atom is -0.136 e. The second-order valence-corrected chi connectivity index (χ2v) is 6.37. The molecular formula is C13H10Cl2S2. The van der Waals surface area contributed by atoms with Crippen molar-refractivity contribution in [1.82, 2.24) is 0 Å². The van der Waals surface area contributed by atoms with Gasteiger partial charge in [-0.05, 0) is 42.2 Å². The Morgan fingerprint density at radius 1 is 1.12 bits per heavy atom. The summed E-state index contributed by atoms with van der Waals surface area (Å²) in [6.45, 7) is 0. The molecule has 0 N–H and O–H groups in total. The van der Waals surface area contributed by atoms with Gasteiger partial charge in [-0.15, -0.1) is 23.1 Å². The molecule has 4 heteroatoms. The van der Waals surface area contributed by atoms with E-state index >= 15 is 0 Å². The molecule has 1 heterocycles. The molecule has 0 radical (unpaired) electrons. The van der Waals surface area contributed by atoms with Crippen molar-refractivity contribution in [2.24, 2.45) is 0 Å². The fourth-order valence-corrected chi connectivity index (χ4v) is 3.18. The summed E-state index contributed by atoms with van der Waals surface area (Å²) in [7, 11) is 0. The van der Waals surface area contributed by atoms with Crippen LogP contribution in [0.25, 0.3) is 16.5 Å². The summed E-state index contributed by atoms with van der Waals surface area (Å²) in [5.41, 5.74) is 1.22. The maximum absolute atomic E-state index is 5.64. The normalized spacial score (nSPS) is 10.3. The number of benzene rings is 1. The Morgan fingerprint density at radius 3 is 2.41 bits per heavy atom. The van der Waals surface area contributed by atoms with Crippen molar-refractivity contribution in [3.8, 4) is 10.4 Å². The Hall–Kier alpha value is -0.410. The van der Waals surface area contributed by atoms with Crippen LogP contribution in [-0.2, 0) is 0 Å². The van der Waals surface area contributed by atoms with Crippen LogP contribution in [-0.4, -0.2) is 6.26 Å². The minimum absolute atomic E-state index is 0.288. The van der Waals surface area contributed by atoms with Gasteiger partial charge < -0.3 is 0 Å². The maximum Gasteiger partial charge on any atom is 0.108 e. The smallest absolute Gasteiger partial charge is 0.108 e. The van der Waals surface area contributed by atoms with Crippen molar-refractivity contribution in [2.45, 2.75) is 4.90 Å². The van der Waals surface area contributed by atoms with Gasteiger partial charge in [0.15, 0.2) is 0 Å². The van der Waals surface area contributed by atoms with E-state index in [-0.39, 0.29) is 4.49 Å². The average molecular weight is 301 g/mol. The largest absolute Gasteiger partial charge is 0.136 e. The molecule has 0 saturated heterocycles. The molecule has 0 atom stereocenters. The molecule has 2 aromatic rings. The molecule has 88 valence electrons. The third kappa shape index (κ3) is 3.52. The van der Waals surface area contributed by atoms with E-state index in [1.54, 1.807) is 29.2 Å². The minimum atomic E-state index is 0.288. The zero-order valence-corrected chi connectivity index (χ0v) is 12.3. The summed E-state index contributed by atoms with van der Waals surface area (Å²) in [5.74, 6) is 0. The van der Waals surface area contributed by atoms with Crippen LogP contribution in [0.3, 0.4) is 0 Å². The molecule has 0 nitrogen and oxygen atoms in total. The van der Waals surface area contributed by atoms with Gasteiger partial charge in [-0.3, -0.25) is 0 Å². The highest BCUT2D eigenvalue weighted by Crippen LogP contribution is 2.31. The van der Waals surface area contributed by atoms with Crippen LogP contribution in [0, 0.1) is 0 Å². The second-order valence-electron chi connectivity index (χ2n) is 3.36. The van der Waals surface area contributed by atoms with Crippen molar-refractivity contribution < 1.29 is 0 Å². The summed E-state index contributed by atoms with van der Waals surface area (Å²) in [6, 6.07) is 12.6. The van der Waals surface area contributed by atoms with Crippen molar-refractivity contribution in [1.29, 1.82) is 0 Å². The van der Waals surface area contributed by atoms with Crippen LogP contribution in [0.2, 0.25) is 0 Å². The molecule has 2 rings (SSSR count). The first kappa shape index (κ1) is 13.0. The van der Waals surface area contributed by atoms with Gasteiger partial charge in [0, 0.05) is 14.6 Å². The first-order valence-corrected chi connectivity index (χ1v) is 7.76. The number of thioether (sulfide) groups is 1. The number of thiophene rings is 1. The van der Waals surface area contributed by atoms with E-state index in [1.807, 2.05) is 6.07 Å². The lowest BCUT2D eigenvalue weighted by atomic mass is 10.2. The molecule has 1 aromatic carbocycles. The van der Waals surface area contributed by atoms with Gasteiger partial charge in [-0.25, -0.2) is 0 Å². The number of hydrogen-bond acceptors (Lipinski definition) is 2. The Bertz CT molecular complexity index is 523. The van der Waals surface area contributed by atoms with Gasteiger partial charge in [-0.1, -0.05) is 35.3 Å². The fourth-order valence-electron chi connectivity index (χ4n) is 1.45. The van der Waals surface area contributed by atoms with E-state index in [4.69, 9.17) is 23.2 Å². The molecule has 0 spiro atoms. The molecule has 0 bridgehead atoms. The molecule has 0 aliphatic rings. The predicted molar refractivity (Wildman–Crippen MR) is 81.2 cm³/mol. The van der Waals surface area contributed by atoms with Crippen LogP contribution in [0.5, 0.6) is 0 Å². The van der Waals surface area contributed by atoms with Gasteiger partial charge in [-0.2, -0.15) is 0 Å². The van der Waals surface area contributed by atoms with Crippen molar-refractivity contribution in [3.63, 3.8) is 0 Å². The Labute approximate surface area is 119 Å². The van der Waals surface area contributed by atoms with Crippen LogP contribution in [0.4, 0.5) is 0 Å². The van der Waals surface area contributed by atoms with Crippen LogP contribution >= 0.6 is 46.3 Å². The fraction of sp³-hybridized carbons (Fsp3) is 0.0769. The van der Waals surface area contributed by atoms with Gasteiger partial charge in [0.25, 0.3) is 0 Å². The number of halogens is 2. The van der Waals surface area contributed by atoms with E-state index < -0.39 is 0 Å². The van der Waals surface area contributed by atoms with Gasteiger partial charge in [0.05, 0.1) is 0 Å². The molecule has 0 unspecified atom stereocenters. The highest BCUT2D eigenvalue weighted by molar-refractivity contribution is 7.98. The quantitative estimate of drug-likeness (QED) is 0.635. The lowest BCUT2D eigenvalue weighted by Gasteiger charge is -1.99. The standard InChI is InChI=1S/C13H10Cl2S2/c1-16-10-4-2-9(3-5-10)12-7-6-11(17-12)8-13(14)15/h2-8H,1H3. The molecule has 0 fully saturated rings. The monoisotopic (exact) mass is 300 g/mol. The van der Waals surface area contributed by atoms with Crippen molar-refractivity contribution in [3.05, 3.63) is 45.8 Å². The first-order valence-electron chi connectivity index (χ1n) is 4.96. The van der Waals surface area contributed by atoms with Crippen molar-refractivity contribution in [2.75, 3.05) is 6.26 Å². The highest BCUT2D eigenvalue weighted by Gasteiger charge is 2.02. The number of hydrogen-bond donors (Lipinski definition) is 0. The molecule has 0 amide bonds. The maximum atomic E-state index is 5.64. The summed E-state index contributed by atoms with van der Waals surface area (Å²) >= 11 is 14.7. The molecule has 0 saturated carbocycles. The lowest BCUT2D eigenvalue weighted by Crippen LogP contribution is -1.72. The third-order valence-electron chi connectivity index (χ3n) is 2.25. The van der Waals surface area contributed by atoms with E-state index in [9.17, 15) is 0 Å².